The molecule has 2 aromatic heterocycles. The Labute approximate surface area is 211 Å². The maximum absolute atomic E-state index is 6.37. The summed E-state index contributed by atoms with van der Waals surface area (Å²) in [7, 11) is 0. The van der Waals surface area contributed by atoms with Crippen molar-refractivity contribution < 1.29 is 8.98 Å². The number of allylic oxidation sites excluding steroid dienone is 1. The Morgan fingerprint density at radius 2 is 1.56 bits per heavy atom. The molecule has 3 nitrogen and oxygen atoms in total. The van der Waals surface area contributed by atoms with Crippen molar-refractivity contribution in [3.63, 3.8) is 0 Å². The molecule has 0 amide bonds. The molecular weight excluding hydrogens is 440 g/mol. The predicted octanol–water partition coefficient (Wildman–Crippen LogP) is 8.71. The van der Waals surface area contributed by atoms with Gasteiger partial charge in [0, 0.05) is 17.2 Å². The van der Waals surface area contributed by atoms with Gasteiger partial charge in [0.2, 0.25) is 0 Å². The minimum Gasteiger partial charge on any atom is -0.456 e. The molecule has 0 aliphatic heterocycles. The van der Waals surface area contributed by atoms with E-state index in [1.165, 1.54) is 32.9 Å². The Balaban J connectivity index is 1.77. The van der Waals surface area contributed by atoms with Gasteiger partial charge in [-0.05, 0) is 60.9 Å². The summed E-state index contributed by atoms with van der Waals surface area (Å²) in [5.74, 6) is 1.13. The summed E-state index contributed by atoms with van der Waals surface area (Å²) >= 11 is 0. The summed E-state index contributed by atoms with van der Waals surface area (Å²) in [6.45, 7) is 9.02. The van der Waals surface area contributed by atoms with Crippen molar-refractivity contribution in [2.45, 2.75) is 39.5 Å². The number of benzene rings is 4. The minimum absolute atomic E-state index is 0.920. The lowest BCUT2D eigenvalue weighted by atomic mass is 9.98. The fraction of sp³-hybridized carbons (Fsp3) is 0.182. The van der Waals surface area contributed by atoms with Crippen LogP contribution in [-0.4, -0.2) is 4.57 Å². The number of para-hydroxylation sites is 4. The third-order valence-electron chi connectivity index (χ3n) is 7.02. The highest BCUT2D eigenvalue weighted by Crippen LogP contribution is 2.37. The highest BCUT2D eigenvalue weighted by Gasteiger charge is 2.31. The molecule has 3 heteroatoms. The fourth-order valence-corrected chi connectivity index (χ4v) is 5.47. The Morgan fingerprint density at radius 3 is 2.36 bits per heavy atom. The van der Waals surface area contributed by atoms with Crippen molar-refractivity contribution in [3.8, 4) is 17.1 Å². The highest BCUT2D eigenvalue weighted by molar-refractivity contribution is 6.06. The third kappa shape index (κ3) is 3.54. The van der Waals surface area contributed by atoms with Gasteiger partial charge in [-0.2, -0.15) is 9.13 Å². The molecule has 0 radical (unpaired) electrons. The van der Waals surface area contributed by atoms with Crippen LogP contribution < -0.4 is 4.57 Å². The Hall–Kier alpha value is -4.11. The van der Waals surface area contributed by atoms with Gasteiger partial charge in [-0.3, -0.25) is 0 Å². The number of rotatable bonds is 7. The van der Waals surface area contributed by atoms with E-state index < -0.39 is 0 Å². The minimum atomic E-state index is 0.920. The second kappa shape index (κ2) is 9.16. The van der Waals surface area contributed by atoms with Crippen LogP contribution in [0.5, 0.6) is 0 Å². The molecule has 0 fully saturated rings. The number of fused-ring (bicyclic) bond motifs is 4. The summed E-state index contributed by atoms with van der Waals surface area (Å²) in [5.41, 5.74) is 8.95. The molecule has 0 spiro atoms. The van der Waals surface area contributed by atoms with E-state index in [1.54, 1.807) is 0 Å². The lowest BCUT2D eigenvalue weighted by Crippen LogP contribution is -2.34. The zero-order chi connectivity index (χ0) is 24.6. The SMILES string of the molecule is C=C(CCC)[n+]1c(-c2cc3oc4ccccc4c3cc2CCC)n(-c2ccccc2)c2ccccc21. The molecule has 0 aliphatic carbocycles. The second-order valence-electron chi connectivity index (χ2n) is 9.49. The van der Waals surface area contributed by atoms with E-state index in [0.29, 0.717) is 0 Å². The van der Waals surface area contributed by atoms with E-state index in [4.69, 9.17) is 4.42 Å². The molecule has 0 bridgehead atoms. The fourth-order valence-electron chi connectivity index (χ4n) is 5.47. The van der Waals surface area contributed by atoms with Crippen LogP contribution in [0.4, 0.5) is 0 Å². The smallest absolute Gasteiger partial charge is 0.300 e. The van der Waals surface area contributed by atoms with E-state index in [9.17, 15) is 0 Å². The van der Waals surface area contributed by atoms with Gasteiger partial charge < -0.3 is 4.42 Å². The second-order valence-corrected chi connectivity index (χ2v) is 9.49. The molecule has 0 saturated heterocycles. The first-order chi connectivity index (χ1) is 17.7. The number of imidazole rings is 1. The number of nitrogens with zero attached hydrogens (tertiary/aromatic N) is 2. The zero-order valence-electron chi connectivity index (χ0n) is 21.0. The monoisotopic (exact) mass is 471 g/mol. The van der Waals surface area contributed by atoms with Crippen LogP contribution in [-0.2, 0) is 6.42 Å². The molecule has 6 rings (SSSR count). The summed E-state index contributed by atoms with van der Waals surface area (Å²) in [6, 6.07) is 32.2. The first-order valence-corrected chi connectivity index (χ1v) is 12.9. The maximum Gasteiger partial charge on any atom is 0.300 e. The number of aromatic nitrogens is 2. The number of hydrogen-bond donors (Lipinski definition) is 0. The first-order valence-electron chi connectivity index (χ1n) is 12.9. The van der Waals surface area contributed by atoms with Gasteiger partial charge in [-0.1, -0.05) is 75.4 Å². The summed E-state index contributed by atoms with van der Waals surface area (Å²) in [4.78, 5) is 0. The quantitative estimate of drug-likeness (QED) is 0.213. The van der Waals surface area contributed by atoms with Gasteiger partial charge in [0.1, 0.15) is 22.6 Å². The average molecular weight is 472 g/mol. The molecule has 36 heavy (non-hydrogen) atoms. The van der Waals surface area contributed by atoms with E-state index in [1.807, 2.05) is 6.07 Å². The van der Waals surface area contributed by atoms with Gasteiger partial charge in [-0.15, -0.1) is 0 Å². The van der Waals surface area contributed by atoms with Crippen molar-refractivity contribution >= 4 is 38.7 Å². The van der Waals surface area contributed by atoms with Crippen LogP contribution in [0, 0.1) is 0 Å². The predicted molar refractivity (Wildman–Crippen MR) is 150 cm³/mol. The lowest BCUT2D eigenvalue weighted by Gasteiger charge is -2.11. The third-order valence-corrected chi connectivity index (χ3v) is 7.02. The summed E-state index contributed by atoms with van der Waals surface area (Å²) in [5, 5.41) is 2.35. The van der Waals surface area contributed by atoms with Crippen molar-refractivity contribution in [2.24, 2.45) is 0 Å². The summed E-state index contributed by atoms with van der Waals surface area (Å²) in [6.07, 6.45) is 4.02. The van der Waals surface area contributed by atoms with Gasteiger partial charge in [0.15, 0.2) is 11.0 Å². The molecule has 0 aliphatic rings. The van der Waals surface area contributed by atoms with Crippen LogP contribution in [0.15, 0.2) is 102 Å². The molecule has 4 aromatic carbocycles. The van der Waals surface area contributed by atoms with E-state index in [2.05, 4.69) is 114 Å². The Kier molecular flexibility index (Phi) is 5.69. The van der Waals surface area contributed by atoms with Crippen LogP contribution in [0.3, 0.4) is 0 Å². The van der Waals surface area contributed by atoms with E-state index in [0.717, 1.165) is 54.1 Å². The number of furan rings is 1. The summed E-state index contributed by atoms with van der Waals surface area (Å²) < 4.78 is 11.1. The van der Waals surface area contributed by atoms with Crippen molar-refractivity contribution in [1.29, 1.82) is 0 Å². The highest BCUT2D eigenvalue weighted by atomic mass is 16.3. The van der Waals surface area contributed by atoms with E-state index in [-0.39, 0.29) is 0 Å². The van der Waals surface area contributed by atoms with Gasteiger partial charge in [-0.25, -0.2) is 0 Å². The standard InChI is InChI=1S/C33H31N2O/c1-4-13-23(3)34-29-18-10-11-19-30(29)35(25-15-7-6-8-16-25)33(34)27-22-32-28(21-24(27)14-5-2)26-17-9-12-20-31(26)36-32/h6-12,15-22H,3-5,13-14H2,1-2H3/q+1. The Bertz CT molecular complexity index is 1720. The topological polar surface area (TPSA) is 21.9 Å². The first kappa shape index (κ1) is 22.4. The van der Waals surface area contributed by atoms with E-state index >= 15 is 0 Å². The molecule has 0 unspecified atom stereocenters. The normalized spacial score (nSPS) is 11.6. The molecule has 0 saturated carbocycles. The Morgan fingerprint density at radius 1 is 0.806 bits per heavy atom. The number of hydrogen-bond acceptors (Lipinski definition) is 1. The lowest BCUT2D eigenvalue weighted by molar-refractivity contribution is -0.542. The molecule has 6 aromatic rings. The van der Waals surface area contributed by atoms with Crippen molar-refractivity contribution in [2.75, 3.05) is 0 Å². The number of aryl methyl sites for hydroxylation is 1. The van der Waals surface area contributed by atoms with Gasteiger partial charge in [0.25, 0.3) is 5.82 Å². The zero-order valence-corrected chi connectivity index (χ0v) is 21.0. The molecule has 2 heterocycles. The van der Waals surface area contributed by atoms with Crippen LogP contribution in [0.1, 0.15) is 38.7 Å². The van der Waals surface area contributed by atoms with Crippen LogP contribution in [0.2, 0.25) is 0 Å². The molecule has 0 N–H and O–H groups in total. The van der Waals surface area contributed by atoms with Crippen LogP contribution in [0.25, 0.3) is 55.7 Å². The van der Waals surface area contributed by atoms with Gasteiger partial charge >= 0.3 is 0 Å². The molecular formula is C33H31N2O+. The van der Waals surface area contributed by atoms with Crippen molar-refractivity contribution in [1.82, 2.24) is 4.57 Å². The maximum atomic E-state index is 6.37. The van der Waals surface area contributed by atoms with Crippen molar-refractivity contribution in [3.05, 3.63) is 103 Å². The van der Waals surface area contributed by atoms with Gasteiger partial charge in [0.05, 0.1) is 5.56 Å². The average Bonchev–Trinajstić information content (AvgIpc) is 3.44. The molecule has 0 atom stereocenters. The molecule has 178 valence electrons. The largest absolute Gasteiger partial charge is 0.456 e. The van der Waals surface area contributed by atoms with Crippen LogP contribution >= 0.6 is 0 Å².